The van der Waals surface area contributed by atoms with Gasteiger partial charge in [-0.1, -0.05) is 66.7 Å². The van der Waals surface area contributed by atoms with Gasteiger partial charge in [-0.25, -0.2) is 0 Å². The van der Waals surface area contributed by atoms with Crippen molar-refractivity contribution in [2.45, 2.75) is 12.2 Å². The van der Waals surface area contributed by atoms with Crippen LogP contribution in [-0.2, 0) is 0 Å². The molecule has 0 fully saturated rings. The van der Waals surface area contributed by atoms with Crippen LogP contribution < -0.4 is 14.8 Å². The fourth-order valence-electron chi connectivity index (χ4n) is 4.51. The number of nitrogens with one attached hydrogen (secondary N) is 2. The van der Waals surface area contributed by atoms with E-state index in [9.17, 15) is 10.2 Å². The highest BCUT2D eigenvalue weighted by Gasteiger charge is 2.15. The van der Waals surface area contributed by atoms with Gasteiger partial charge in [0.25, 0.3) is 0 Å². The Morgan fingerprint density at radius 1 is 0.806 bits per heavy atom. The Bertz CT molecular complexity index is 1450. The first-order valence-electron chi connectivity index (χ1n) is 12.1. The smallest absolute Gasteiger partial charge is 0.129 e. The molecular formula is C30H30N2O4. The van der Waals surface area contributed by atoms with Crippen LogP contribution in [0.15, 0.2) is 91.0 Å². The van der Waals surface area contributed by atoms with Gasteiger partial charge in [-0.15, -0.1) is 0 Å². The molecule has 184 valence electrons. The van der Waals surface area contributed by atoms with Crippen LogP contribution in [0.1, 0.15) is 11.7 Å². The van der Waals surface area contributed by atoms with Crippen molar-refractivity contribution in [1.29, 1.82) is 0 Å². The molecule has 6 nitrogen and oxygen atoms in total. The molecule has 5 rings (SSSR count). The number of methoxy groups -OCH3 is 1. The normalized spacial score (nSPS) is 13.1. The van der Waals surface area contributed by atoms with Crippen LogP contribution in [0, 0.1) is 0 Å². The summed E-state index contributed by atoms with van der Waals surface area (Å²) < 4.78 is 11.6. The minimum absolute atomic E-state index is 0.140. The summed E-state index contributed by atoms with van der Waals surface area (Å²) in [5.41, 5.74) is 4.82. The number of hydrogen-bond acceptors (Lipinski definition) is 5. The highest BCUT2D eigenvalue weighted by molar-refractivity contribution is 6.10. The lowest BCUT2D eigenvalue weighted by Gasteiger charge is -2.17. The van der Waals surface area contributed by atoms with Gasteiger partial charge >= 0.3 is 0 Å². The summed E-state index contributed by atoms with van der Waals surface area (Å²) in [6, 6.07) is 29.7. The monoisotopic (exact) mass is 482 g/mol. The van der Waals surface area contributed by atoms with E-state index in [1.807, 2.05) is 84.9 Å². The van der Waals surface area contributed by atoms with Crippen LogP contribution in [0.3, 0.4) is 0 Å². The number of aliphatic hydroxyl groups is 2. The van der Waals surface area contributed by atoms with Gasteiger partial charge in [-0.2, -0.15) is 0 Å². The topological polar surface area (TPSA) is 86.7 Å². The summed E-state index contributed by atoms with van der Waals surface area (Å²) >= 11 is 0. The molecule has 6 heteroatoms. The molecule has 0 amide bonds. The van der Waals surface area contributed by atoms with Gasteiger partial charge < -0.3 is 30.0 Å². The van der Waals surface area contributed by atoms with Crippen molar-refractivity contribution < 1.29 is 19.7 Å². The summed E-state index contributed by atoms with van der Waals surface area (Å²) in [6.45, 7) is 0.727. The van der Waals surface area contributed by atoms with Crippen LogP contribution in [0.2, 0.25) is 0 Å². The molecule has 0 saturated carbocycles. The van der Waals surface area contributed by atoms with Gasteiger partial charge in [-0.05, 0) is 35.4 Å². The lowest BCUT2D eigenvalue weighted by Crippen LogP contribution is -2.33. The first-order chi connectivity index (χ1) is 17.6. The molecule has 2 atom stereocenters. The first-order valence-corrected chi connectivity index (χ1v) is 12.1. The Hall–Kier alpha value is -3.84. The number of benzene rings is 4. The second kappa shape index (κ2) is 10.8. The molecule has 0 aliphatic heterocycles. The summed E-state index contributed by atoms with van der Waals surface area (Å²) in [6.07, 6.45) is -1.47. The highest BCUT2D eigenvalue weighted by atomic mass is 16.5. The minimum Gasteiger partial charge on any atom is -0.496 e. The van der Waals surface area contributed by atoms with Gasteiger partial charge in [0.2, 0.25) is 0 Å². The average Bonchev–Trinajstić information content (AvgIpc) is 3.31. The summed E-state index contributed by atoms with van der Waals surface area (Å²) in [7, 11) is 1.63. The van der Waals surface area contributed by atoms with Crippen molar-refractivity contribution >= 4 is 21.8 Å². The Kier molecular flexibility index (Phi) is 7.18. The van der Waals surface area contributed by atoms with Crippen LogP contribution in [0.4, 0.5) is 0 Å². The van der Waals surface area contributed by atoms with Crippen molar-refractivity contribution in [3.8, 4) is 22.6 Å². The molecule has 1 aromatic heterocycles. The largest absolute Gasteiger partial charge is 0.496 e. The SMILES string of the molecule is COc1cc(C(O)CNCC(O)COc2cccc3[nH]c4ccccc4c23)ccc1-c1ccccc1. The molecule has 0 aliphatic carbocycles. The van der Waals surface area contributed by atoms with Gasteiger partial charge in [0.1, 0.15) is 24.2 Å². The van der Waals surface area contributed by atoms with Gasteiger partial charge in [0.15, 0.2) is 0 Å². The number of rotatable bonds is 10. The standard InChI is InChI=1S/C30H30N2O4/c1-35-29-16-21(14-15-23(29)20-8-3-2-4-9-20)27(34)18-31-17-22(33)19-36-28-13-7-12-26-30(28)24-10-5-6-11-25(24)32-26/h2-16,22,27,31-34H,17-19H2,1H3. The Balaban J connectivity index is 1.16. The first kappa shape index (κ1) is 23.9. The zero-order valence-electron chi connectivity index (χ0n) is 20.1. The Morgan fingerprint density at radius 2 is 1.58 bits per heavy atom. The molecule has 0 saturated heterocycles. The zero-order valence-corrected chi connectivity index (χ0v) is 20.1. The van der Waals surface area contributed by atoms with E-state index in [2.05, 4.69) is 16.4 Å². The fraction of sp³-hybridized carbons (Fsp3) is 0.200. The quantitative estimate of drug-likeness (QED) is 0.224. The third-order valence-corrected chi connectivity index (χ3v) is 6.34. The molecule has 4 aromatic carbocycles. The molecule has 5 aromatic rings. The number of para-hydroxylation sites is 1. The van der Waals surface area contributed by atoms with Gasteiger partial charge in [0, 0.05) is 34.9 Å². The Labute approximate surface area is 210 Å². The summed E-state index contributed by atoms with van der Waals surface area (Å²) in [4.78, 5) is 3.40. The molecule has 0 radical (unpaired) electrons. The van der Waals surface area contributed by atoms with E-state index in [0.717, 1.165) is 44.2 Å². The number of aliphatic hydroxyl groups excluding tert-OH is 2. The van der Waals surface area contributed by atoms with Crippen molar-refractivity contribution in [3.05, 3.63) is 96.6 Å². The van der Waals surface area contributed by atoms with Crippen molar-refractivity contribution in [1.82, 2.24) is 10.3 Å². The third kappa shape index (κ3) is 5.06. The van der Waals surface area contributed by atoms with Crippen molar-refractivity contribution in [2.75, 3.05) is 26.8 Å². The minimum atomic E-state index is -0.739. The van der Waals surface area contributed by atoms with Crippen LogP contribution >= 0.6 is 0 Å². The van der Waals surface area contributed by atoms with E-state index in [1.54, 1.807) is 7.11 Å². The predicted molar refractivity (Wildman–Crippen MR) is 144 cm³/mol. The maximum Gasteiger partial charge on any atom is 0.129 e. The van der Waals surface area contributed by atoms with E-state index < -0.39 is 12.2 Å². The van der Waals surface area contributed by atoms with Gasteiger partial charge in [-0.3, -0.25) is 0 Å². The number of aromatic nitrogens is 1. The van der Waals surface area contributed by atoms with Crippen LogP contribution in [-0.4, -0.2) is 48.1 Å². The predicted octanol–water partition coefficient (Wildman–Crippen LogP) is 5.06. The van der Waals surface area contributed by atoms with Crippen LogP contribution in [0.25, 0.3) is 32.9 Å². The molecule has 1 heterocycles. The molecule has 2 unspecified atom stereocenters. The lowest BCUT2D eigenvalue weighted by atomic mass is 10.0. The third-order valence-electron chi connectivity index (χ3n) is 6.34. The number of hydrogen-bond donors (Lipinski definition) is 4. The summed E-state index contributed by atoms with van der Waals surface area (Å²) in [5, 5.41) is 26.4. The molecule has 0 bridgehead atoms. The summed E-state index contributed by atoms with van der Waals surface area (Å²) in [5.74, 6) is 1.44. The van der Waals surface area contributed by atoms with Crippen molar-refractivity contribution in [2.24, 2.45) is 0 Å². The zero-order chi connectivity index (χ0) is 24.9. The van der Waals surface area contributed by atoms with E-state index in [0.29, 0.717) is 18.8 Å². The number of fused-ring (bicyclic) bond motifs is 3. The Morgan fingerprint density at radius 3 is 2.42 bits per heavy atom. The second-order valence-electron chi connectivity index (χ2n) is 8.81. The molecule has 0 spiro atoms. The number of H-pyrrole nitrogens is 1. The van der Waals surface area contributed by atoms with E-state index in [1.165, 1.54) is 0 Å². The maximum atomic E-state index is 10.7. The lowest BCUT2D eigenvalue weighted by molar-refractivity contribution is 0.100. The second-order valence-corrected chi connectivity index (χ2v) is 8.81. The van der Waals surface area contributed by atoms with Gasteiger partial charge in [0.05, 0.1) is 18.7 Å². The van der Waals surface area contributed by atoms with Crippen molar-refractivity contribution in [3.63, 3.8) is 0 Å². The van der Waals surface area contributed by atoms with E-state index in [4.69, 9.17) is 9.47 Å². The van der Waals surface area contributed by atoms with E-state index >= 15 is 0 Å². The highest BCUT2D eigenvalue weighted by Crippen LogP contribution is 2.33. The average molecular weight is 483 g/mol. The number of aromatic amines is 1. The molecular weight excluding hydrogens is 452 g/mol. The molecule has 4 N–H and O–H groups in total. The molecule has 36 heavy (non-hydrogen) atoms. The maximum absolute atomic E-state index is 10.7. The number of ether oxygens (including phenoxy) is 2. The van der Waals surface area contributed by atoms with Crippen LogP contribution in [0.5, 0.6) is 11.5 Å². The molecule has 0 aliphatic rings. The fourth-order valence-corrected chi connectivity index (χ4v) is 4.51. The van der Waals surface area contributed by atoms with E-state index in [-0.39, 0.29) is 6.61 Å².